The summed E-state index contributed by atoms with van der Waals surface area (Å²) in [5.74, 6) is -0.252. The first kappa shape index (κ1) is 14.5. The summed E-state index contributed by atoms with van der Waals surface area (Å²) in [6, 6.07) is 9.69. The Morgan fingerprint density at radius 2 is 2.11 bits per heavy atom. The molecule has 0 amide bonds. The quantitative estimate of drug-likeness (QED) is 0.594. The van der Waals surface area contributed by atoms with Gasteiger partial charge in [-0.3, -0.25) is 5.32 Å². The first-order chi connectivity index (χ1) is 8.71. The molecule has 0 heterocycles. The summed E-state index contributed by atoms with van der Waals surface area (Å²) >= 11 is 0. The van der Waals surface area contributed by atoms with E-state index in [9.17, 15) is 4.79 Å². The second-order valence-electron chi connectivity index (χ2n) is 4.18. The van der Waals surface area contributed by atoms with Crippen molar-refractivity contribution in [1.82, 2.24) is 5.32 Å². The minimum Gasteiger partial charge on any atom is -0.467 e. The van der Waals surface area contributed by atoms with E-state index in [0.717, 1.165) is 12.0 Å². The van der Waals surface area contributed by atoms with Crippen molar-refractivity contribution in [2.45, 2.75) is 25.3 Å². The summed E-state index contributed by atoms with van der Waals surface area (Å²) in [4.78, 5) is 12.2. The van der Waals surface area contributed by atoms with Crippen LogP contribution in [0.25, 0.3) is 0 Å². The van der Waals surface area contributed by atoms with Crippen LogP contribution >= 0.6 is 0 Å². The summed E-state index contributed by atoms with van der Waals surface area (Å²) < 4.78 is 4.98. The molecule has 0 radical (unpaired) electrons. The highest BCUT2D eigenvalue weighted by Crippen LogP contribution is 2.28. The van der Waals surface area contributed by atoms with Crippen LogP contribution in [0.3, 0.4) is 0 Å². The predicted molar refractivity (Wildman–Crippen MR) is 73.2 cm³/mol. The molecule has 1 aromatic carbocycles. The lowest BCUT2D eigenvalue weighted by molar-refractivity contribution is -0.149. The molecule has 0 aromatic heterocycles. The highest BCUT2D eigenvalue weighted by Gasteiger charge is 2.39. The van der Waals surface area contributed by atoms with Gasteiger partial charge in [-0.25, -0.2) is 4.79 Å². The molecule has 1 rings (SSSR count). The number of hydrogen-bond acceptors (Lipinski definition) is 3. The largest absolute Gasteiger partial charge is 0.467 e. The van der Waals surface area contributed by atoms with Gasteiger partial charge in [0.1, 0.15) is 5.54 Å². The van der Waals surface area contributed by atoms with Gasteiger partial charge in [-0.15, -0.1) is 6.58 Å². The molecule has 3 nitrogen and oxygen atoms in total. The summed E-state index contributed by atoms with van der Waals surface area (Å²) in [6.45, 7) is 6.30. The molecule has 1 unspecified atom stereocenters. The second kappa shape index (κ2) is 6.97. The summed E-state index contributed by atoms with van der Waals surface area (Å²) in [5, 5.41) is 3.26. The highest BCUT2D eigenvalue weighted by molar-refractivity contribution is 5.82. The molecule has 0 spiro atoms. The number of methoxy groups -OCH3 is 1. The number of carbonyl (C=O) groups is 1. The molecule has 98 valence electrons. The summed E-state index contributed by atoms with van der Waals surface area (Å²) in [5.41, 5.74) is 0.152. The number of carbonyl (C=O) groups excluding carboxylic acids is 1. The van der Waals surface area contributed by atoms with E-state index in [1.54, 1.807) is 6.08 Å². The Kier molecular flexibility index (Phi) is 5.59. The molecule has 0 aliphatic rings. The van der Waals surface area contributed by atoms with Gasteiger partial charge in [-0.05, 0) is 12.0 Å². The molecule has 0 aliphatic heterocycles. The molecule has 0 saturated carbocycles. The van der Waals surface area contributed by atoms with E-state index >= 15 is 0 Å². The molecule has 3 heteroatoms. The maximum absolute atomic E-state index is 12.2. The molecule has 0 aliphatic carbocycles. The number of nitrogens with one attached hydrogen (secondary N) is 1. The maximum Gasteiger partial charge on any atom is 0.330 e. The van der Waals surface area contributed by atoms with Gasteiger partial charge in [0.15, 0.2) is 0 Å². The molecule has 0 saturated heterocycles. The van der Waals surface area contributed by atoms with E-state index in [-0.39, 0.29) is 5.97 Å². The van der Waals surface area contributed by atoms with Crippen molar-refractivity contribution in [1.29, 1.82) is 0 Å². The average molecular weight is 247 g/mol. The van der Waals surface area contributed by atoms with Crippen LogP contribution in [-0.2, 0) is 15.1 Å². The molecular formula is C15H21NO2. The standard InChI is InChI=1S/C15H21NO2/c1-4-11-15(14(17)18-3,16-12-5-2)13-9-7-6-8-10-13/h5-10,16H,2,4,11-12H2,1,3H3. The van der Waals surface area contributed by atoms with Crippen molar-refractivity contribution in [2.75, 3.05) is 13.7 Å². The van der Waals surface area contributed by atoms with Crippen molar-refractivity contribution in [2.24, 2.45) is 0 Å². The highest BCUT2D eigenvalue weighted by atomic mass is 16.5. The fourth-order valence-corrected chi connectivity index (χ4v) is 2.15. The minimum absolute atomic E-state index is 0.252. The Bertz CT molecular complexity index is 389. The molecule has 1 atom stereocenters. The topological polar surface area (TPSA) is 38.3 Å². The zero-order chi connectivity index (χ0) is 13.4. The summed E-state index contributed by atoms with van der Waals surface area (Å²) in [6.07, 6.45) is 3.32. The lowest BCUT2D eigenvalue weighted by atomic mass is 9.85. The van der Waals surface area contributed by atoms with Gasteiger partial charge in [0.2, 0.25) is 0 Å². The van der Waals surface area contributed by atoms with Gasteiger partial charge in [0, 0.05) is 6.54 Å². The Morgan fingerprint density at radius 3 is 2.61 bits per heavy atom. The van der Waals surface area contributed by atoms with Gasteiger partial charge in [-0.2, -0.15) is 0 Å². The molecule has 1 N–H and O–H groups in total. The maximum atomic E-state index is 12.2. The average Bonchev–Trinajstić information content (AvgIpc) is 2.43. The number of benzene rings is 1. The Hall–Kier alpha value is -1.61. The van der Waals surface area contributed by atoms with E-state index in [1.807, 2.05) is 30.3 Å². The van der Waals surface area contributed by atoms with Crippen LogP contribution in [-0.4, -0.2) is 19.6 Å². The molecule has 1 aromatic rings. The third-order valence-electron chi connectivity index (χ3n) is 2.97. The normalized spacial score (nSPS) is 13.7. The second-order valence-corrected chi connectivity index (χ2v) is 4.18. The Labute approximate surface area is 109 Å². The van der Waals surface area contributed by atoms with Crippen LogP contribution in [0.4, 0.5) is 0 Å². The van der Waals surface area contributed by atoms with Gasteiger partial charge in [0.05, 0.1) is 7.11 Å². The van der Waals surface area contributed by atoms with Crippen molar-refractivity contribution >= 4 is 5.97 Å². The number of esters is 1. The van der Waals surface area contributed by atoms with Crippen LogP contribution in [0.5, 0.6) is 0 Å². The van der Waals surface area contributed by atoms with Gasteiger partial charge < -0.3 is 4.74 Å². The number of ether oxygens (including phenoxy) is 1. The predicted octanol–water partition coefficient (Wildman–Crippen LogP) is 2.63. The third kappa shape index (κ3) is 2.99. The van der Waals surface area contributed by atoms with Gasteiger partial charge in [-0.1, -0.05) is 49.8 Å². The van der Waals surface area contributed by atoms with E-state index < -0.39 is 5.54 Å². The van der Waals surface area contributed by atoms with Crippen molar-refractivity contribution < 1.29 is 9.53 Å². The van der Waals surface area contributed by atoms with E-state index in [1.165, 1.54) is 7.11 Å². The van der Waals surface area contributed by atoms with E-state index in [2.05, 4.69) is 18.8 Å². The van der Waals surface area contributed by atoms with Crippen molar-refractivity contribution in [3.63, 3.8) is 0 Å². The van der Waals surface area contributed by atoms with Crippen LogP contribution in [0.15, 0.2) is 43.0 Å². The van der Waals surface area contributed by atoms with Gasteiger partial charge in [0.25, 0.3) is 0 Å². The van der Waals surface area contributed by atoms with Crippen LogP contribution in [0.2, 0.25) is 0 Å². The minimum atomic E-state index is -0.779. The fourth-order valence-electron chi connectivity index (χ4n) is 2.15. The van der Waals surface area contributed by atoms with Crippen LogP contribution in [0, 0.1) is 0 Å². The Balaban J connectivity index is 3.18. The fraction of sp³-hybridized carbons (Fsp3) is 0.400. The van der Waals surface area contributed by atoms with Crippen LogP contribution < -0.4 is 5.32 Å². The molecule has 0 fully saturated rings. The summed E-state index contributed by atoms with van der Waals surface area (Å²) in [7, 11) is 1.42. The SMILES string of the molecule is C=CCNC(CCC)(C(=O)OC)c1ccccc1. The molecular weight excluding hydrogens is 226 g/mol. The lowest BCUT2D eigenvalue weighted by Crippen LogP contribution is -2.50. The number of hydrogen-bond donors (Lipinski definition) is 1. The molecule has 18 heavy (non-hydrogen) atoms. The third-order valence-corrected chi connectivity index (χ3v) is 2.97. The number of rotatable bonds is 7. The van der Waals surface area contributed by atoms with E-state index in [0.29, 0.717) is 13.0 Å². The zero-order valence-electron chi connectivity index (χ0n) is 11.1. The van der Waals surface area contributed by atoms with Crippen molar-refractivity contribution in [3.8, 4) is 0 Å². The lowest BCUT2D eigenvalue weighted by Gasteiger charge is -2.32. The Morgan fingerprint density at radius 1 is 1.44 bits per heavy atom. The smallest absolute Gasteiger partial charge is 0.330 e. The zero-order valence-corrected chi connectivity index (χ0v) is 11.1. The van der Waals surface area contributed by atoms with Crippen molar-refractivity contribution in [3.05, 3.63) is 48.6 Å². The first-order valence-electron chi connectivity index (χ1n) is 6.21. The van der Waals surface area contributed by atoms with Crippen LogP contribution in [0.1, 0.15) is 25.3 Å². The first-order valence-corrected chi connectivity index (χ1v) is 6.21. The monoisotopic (exact) mass is 247 g/mol. The molecule has 0 bridgehead atoms. The van der Waals surface area contributed by atoms with E-state index in [4.69, 9.17) is 4.74 Å². The van der Waals surface area contributed by atoms with Gasteiger partial charge >= 0.3 is 5.97 Å².